The molecule has 0 radical (unpaired) electrons. The topological polar surface area (TPSA) is 65.8 Å². The number of carbonyl (C=O) groups excluding carboxylic acids is 1. The van der Waals surface area contributed by atoms with E-state index in [2.05, 4.69) is 16.4 Å². The number of hydrogen-bond acceptors (Lipinski definition) is 3. The molecule has 2 rings (SSSR count). The fraction of sp³-hybridized carbons (Fsp3) is 0.312. The van der Waals surface area contributed by atoms with Gasteiger partial charge >= 0.3 is 0 Å². The molecule has 20 heavy (non-hydrogen) atoms. The van der Waals surface area contributed by atoms with E-state index in [-0.39, 0.29) is 5.91 Å². The van der Waals surface area contributed by atoms with Gasteiger partial charge in [-0.3, -0.25) is 9.78 Å². The van der Waals surface area contributed by atoms with Gasteiger partial charge in [-0.05, 0) is 25.0 Å². The molecule has 1 atom stereocenters. The van der Waals surface area contributed by atoms with Crippen molar-refractivity contribution in [2.75, 3.05) is 0 Å². The highest BCUT2D eigenvalue weighted by Gasteiger charge is 2.30. The summed E-state index contributed by atoms with van der Waals surface area (Å²) >= 11 is 0. The maximum atomic E-state index is 12.1. The van der Waals surface area contributed by atoms with E-state index in [9.17, 15) is 4.79 Å². The summed E-state index contributed by atoms with van der Waals surface area (Å²) in [5.74, 6) is -0.240. The molecule has 1 heterocycles. The number of fused-ring (bicyclic) bond motifs is 1. The smallest absolute Gasteiger partial charge is 0.240 e. The van der Waals surface area contributed by atoms with Gasteiger partial charge in [0.25, 0.3) is 0 Å². The molecule has 1 N–H and O–H groups in total. The Hall–Kier alpha value is -2.41. The van der Waals surface area contributed by atoms with E-state index >= 15 is 0 Å². The summed E-state index contributed by atoms with van der Waals surface area (Å²) in [6, 6.07) is 11.8. The van der Waals surface area contributed by atoms with Crippen LogP contribution >= 0.6 is 0 Å². The quantitative estimate of drug-likeness (QED) is 0.926. The van der Waals surface area contributed by atoms with Gasteiger partial charge in [-0.1, -0.05) is 31.2 Å². The Morgan fingerprint density at radius 3 is 2.85 bits per heavy atom. The molecule has 4 heteroatoms. The number of para-hydroxylation sites is 1. The lowest BCUT2D eigenvalue weighted by Crippen LogP contribution is -2.37. The highest BCUT2D eigenvalue weighted by atomic mass is 16.2. The van der Waals surface area contributed by atoms with Crippen LogP contribution in [0.4, 0.5) is 0 Å². The van der Waals surface area contributed by atoms with E-state index in [1.54, 1.807) is 13.1 Å². The van der Waals surface area contributed by atoms with Crippen LogP contribution in [0.3, 0.4) is 0 Å². The number of nitrogens with one attached hydrogen (secondary N) is 1. The second kappa shape index (κ2) is 5.70. The van der Waals surface area contributed by atoms with Crippen LogP contribution in [0.5, 0.6) is 0 Å². The van der Waals surface area contributed by atoms with Gasteiger partial charge in [-0.15, -0.1) is 0 Å². The summed E-state index contributed by atoms with van der Waals surface area (Å²) in [7, 11) is 0. The van der Waals surface area contributed by atoms with Crippen LogP contribution < -0.4 is 5.32 Å². The van der Waals surface area contributed by atoms with Crippen molar-refractivity contribution in [1.82, 2.24) is 10.3 Å². The fourth-order valence-electron chi connectivity index (χ4n) is 1.97. The highest BCUT2D eigenvalue weighted by molar-refractivity contribution is 5.86. The second-order valence-electron chi connectivity index (χ2n) is 4.97. The first-order chi connectivity index (χ1) is 9.60. The van der Waals surface area contributed by atoms with Crippen LogP contribution in [0.15, 0.2) is 36.5 Å². The summed E-state index contributed by atoms with van der Waals surface area (Å²) in [5.41, 5.74) is 0.858. The van der Waals surface area contributed by atoms with Crippen LogP contribution in [-0.2, 0) is 11.3 Å². The average Bonchev–Trinajstić information content (AvgIpc) is 2.51. The summed E-state index contributed by atoms with van der Waals surface area (Å²) in [6.07, 6.45) is 2.22. The Morgan fingerprint density at radius 1 is 1.40 bits per heavy atom. The van der Waals surface area contributed by atoms with Crippen molar-refractivity contribution in [2.45, 2.75) is 26.8 Å². The van der Waals surface area contributed by atoms with E-state index in [4.69, 9.17) is 5.26 Å². The SMILES string of the molecule is CCC(C)(C#N)C(=O)NCc1cccc2cccnc12. The van der Waals surface area contributed by atoms with Crippen LogP contribution in [-0.4, -0.2) is 10.9 Å². The fourth-order valence-corrected chi connectivity index (χ4v) is 1.97. The van der Waals surface area contributed by atoms with Gasteiger partial charge in [-0.25, -0.2) is 0 Å². The van der Waals surface area contributed by atoms with Crippen molar-refractivity contribution in [3.63, 3.8) is 0 Å². The Labute approximate surface area is 118 Å². The van der Waals surface area contributed by atoms with Crippen molar-refractivity contribution in [2.24, 2.45) is 5.41 Å². The lowest BCUT2D eigenvalue weighted by molar-refractivity contribution is -0.127. The number of nitriles is 1. The molecule has 0 saturated heterocycles. The maximum Gasteiger partial charge on any atom is 0.240 e. The number of aromatic nitrogens is 1. The zero-order chi connectivity index (χ0) is 14.6. The normalized spacial score (nSPS) is 13.4. The third-order valence-electron chi connectivity index (χ3n) is 3.61. The molecule has 0 spiro atoms. The van der Waals surface area contributed by atoms with Gasteiger partial charge in [-0.2, -0.15) is 5.26 Å². The first kappa shape index (κ1) is 14.0. The van der Waals surface area contributed by atoms with Crippen LogP contribution in [0.2, 0.25) is 0 Å². The lowest BCUT2D eigenvalue weighted by Gasteiger charge is -2.18. The Bertz CT molecular complexity index is 669. The van der Waals surface area contributed by atoms with Crippen molar-refractivity contribution < 1.29 is 4.79 Å². The number of nitrogens with zero attached hydrogens (tertiary/aromatic N) is 2. The molecule has 2 aromatic rings. The van der Waals surface area contributed by atoms with Crippen molar-refractivity contribution in [1.29, 1.82) is 5.26 Å². The van der Waals surface area contributed by atoms with Gasteiger partial charge < -0.3 is 5.32 Å². The largest absolute Gasteiger partial charge is 0.351 e. The van der Waals surface area contributed by atoms with Gasteiger partial charge in [0.1, 0.15) is 5.41 Å². The van der Waals surface area contributed by atoms with Crippen LogP contribution in [0, 0.1) is 16.7 Å². The molecule has 1 aromatic carbocycles. The van der Waals surface area contributed by atoms with Gasteiger partial charge in [0.2, 0.25) is 5.91 Å². The highest BCUT2D eigenvalue weighted by Crippen LogP contribution is 2.20. The predicted octanol–water partition coefficient (Wildman–Crippen LogP) is 2.79. The molecule has 0 saturated carbocycles. The Kier molecular flexibility index (Phi) is 3.99. The predicted molar refractivity (Wildman–Crippen MR) is 77.6 cm³/mol. The number of hydrogen-bond donors (Lipinski definition) is 1. The molecule has 0 aliphatic heterocycles. The molecule has 0 fully saturated rings. The van der Waals surface area contributed by atoms with Gasteiger partial charge in [0.15, 0.2) is 0 Å². The summed E-state index contributed by atoms with van der Waals surface area (Å²) in [5, 5.41) is 13.0. The molecular weight excluding hydrogens is 250 g/mol. The molecule has 1 amide bonds. The first-order valence-corrected chi connectivity index (χ1v) is 6.63. The number of pyridine rings is 1. The Morgan fingerprint density at radius 2 is 2.15 bits per heavy atom. The van der Waals surface area contributed by atoms with Gasteiger partial charge in [0, 0.05) is 18.1 Å². The second-order valence-corrected chi connectivity index (χ2v) is 4.97. The first-order valence-electron chi connectivity index (χ1n) is 6.63. The number of benzene rings is 1. The number of rotatable bonds is 4. The number of amides is 1. The zero-order valence-corrected chi connectivity index (χ0v) is 11.7. The third-order valence-corrected chi connectivity index (χ3v) is 3.61. The van der Waals surface area contributed by atoms with Crippen LogP contribution in [0.25, 0.3) is 10.9 Å². The monoisotopic (exact) mass is 267 g/mol. The third kappa shape index (κ3) is 2.62. The van der Waals surface area contributed by atoms with Crippen molar-refractivity contribution >= 4 is 16.8 Å². The summed E-state index contributed by atoms with van der Waals surface area (Å²) in [4.78, 5) is 16.4. The van der Waals surface area contributed by atoms with Crippen molar-refractivity contribution in [3.05, 3.63) is 42.1 Å². The summed E-state index contributed by atoms with van der Waals surface area (Å²) < 4.78 is 0. The van der Waals surface area contributed by atoms with E-state index in [0.29, 0.717) is 13.0 Å². The molecule has 0 bridgehead atoms. The van der Waals surface area contributed by atoms with E-state index < -0.39 is 5.41 Å². The lowest BCUT2D eigenvalue weighted by atomic mass is 9.88. The zero-order valence-electron chi connectivity index (χ0n) is 11.7. The molecule has 0 aliphatic rings. The molecule has 102 valence electrons. The van der Waals surface area contributed by atoms with E-state index in [1.807, 2.05) is 37.3 Å². The Balaban J connectivity index is 2.18. The van der Waals surface area contributed by atoms with E-state index in [1.165, 1.54) is 0 Å². The standard InChI is InChI=1S/C16H17N3O/c1-3-16(2,11-17)15(20)19-10-13-7-4-6-12-8-5-9-18-14(12)13/h4-9H,3,10H2,1-2H3,(H,19,20). The van der Waals surface area contributed by atoms with E-state index in [0.717, 1.165) is 16.5 Å². The average molecular weight is 267 g/mol. The molecule has 4 nitrogen and oxygen atoms in total. The van der Waals surface area contributed by atoms with Crippen LogP contribution in [0.1, 0.15) is 25.8 Å². The summed E-state index contributed by atoms with van der Waals surface area (Å²) in [6.45, 7) is 3.87. The minimum atomic E-state index is -0.974. The molecule has 1 aromatic heterocycles. The minimum absolute atomic E-state index is 0.240. The molecule has 0 aliphatic carbocycles. The molecule has 1 unspecified atom stereocenters. The minimum Gasteiger partial charge on any atom is -0.351 e. The maximum absolute atomic E-state index is 12.1. The molecular formula is C16H17N3O. The number of carbonyl (C=O) groups is 1. The van der Waals surface area contributed by atoms with Crippen molar-refractivity contribution in [3.8, 4) is 6.07 Å². The van der Waals surface area contributed by atoms with Gasteiger partial charge in [0.05, 0.1) is 11.6 Å².